The molecule has 4 rings (SSSR count). The standard InChI is InChI=1S/C27H27FN2O3/c1-2-14-29(27(32)25-16-24(25)21-7-4-3-5-8-21)19-26(31)30(18-23-9-6-15-33-23)17-20-10-12-22(28)13-11-20/h2-13,15,24-25H,1,14,16-19H2. The molecule has 170 valence electrons. The average Bonchev–Trinajstić information content (AvgIpc) is 3.47. The van der Waals surface area contributed by atoms with Crippen molar-refractivity contribution in [2.75, 3.05) is 13.1 Å². The Morgan fingerprint density at radius 1 is 1.00 bits per heavy atom. The van der Waals surface area contributed by atoms with Gasteiger partial charge in [-0.1, -0.05) is 48.5 Å². The van der Waals surface area contributed by atoms with Crippen LogP contribution in [-0.4, -0.2) is 34.7 Å². The summed E-state index contributed by atoms with van der Waals surface area (Å²) >= 11 is 0. The number of benzene rings is 2. The highest BCUT2D eigenvalue weighted by Gasteiger charge is 2.45. The van der Waals surface area contributed by atoms with Gasteiger partial charge in [-0.3, -0.25) is 9.59 Å². The molecule has 2 aromatic carbocycles. The molecule has 1 saturated carbocycles. The molecule has 1 fully saturated rings. The first-order chi connectivity index (χ1) is 16.0. The number of carbonyl (C=O) groups excluding carboxylic acids is 2. The highest BCUT2D eigenvalue weighted by molar-refractivity contribution is 5.88. The molecule has 2 amide bonds. The molecule has 1 heterocycles. The predicted octanol–water partition coefficient (Wildman–Crippen LogP) is 4.77. The molecule has 0 N–H and O–H groups in total. The number of amides is 2. The van der Waals surface area contributed by atoms with Crippen molar-refractivity contribution in [2.45, 2.75) is 25.4 Å². The molecule has 0 spiro atoms. The van der Waals surface area contributed by atoms with E-state index in [0.717, 1.165) is 17.5 Å². The number of rotatable bonds is 10. The minimum Gasteiger partial charge on any atom is -0.467 e. The topological polar surface area (TPSA) is 53.8 Å². The van der Waals surface area contributed by atoms with Gasteiger partial charge in [-0.05, 0) is 47.7 Å². The van der Waals surface area contributed by atoms with E-state index in [-0.39, 0.29) is 49.1 Å². The quantitative estimate of drug-likeness (QED) is 0.422. The first kappa shape index (κ1) is 22.5. The van der Waals surface area contributed by atoms with E-state index in [1.807, 2.05) is 30.3 Å². The molecule has 5 nitrogen and oxygen atoms in total. The van der Waals surface area contributed by atoms with E-state index in [0.29, 0.717) is 12.3 Å². The third-order valence-corrected chi connectivity index (χ3v) is 5.89. The number of furan rings is 1. The zero-order chi connectivity index (χ0) is 23.2. The van der Waals surface area contributed by atoms with Crippen LogP contribution in [0.2, 0.25) is 0 Å². The second kappa shape index (κ2) is 10.3. The zero-order valence-electron chi connectivity index (χ0n) is 18.4. The summed E-state index contributed by atoms with van der Waals surface area (Å²) in [5.41, 5.74) is 1.95. The first-order valence-electron chi connectivity index (χ1n) is 11.0. The first-order valence-corrected chi connectivity index (χ1v) is 11.0. The second-order valence-electron chi connectivity index (χ2n) is 8.32. The van der Waals surface area contributed by atoms with Gasteiger partial charge >= 0.3 is 0 Å². The van der Waals surface area contributed by atoms with Crippen LogP contribution < -0.4 is 0 Å². The largest absolute Gasteiger partial charge is 0.467 e. The summed E-state index contributed by atoms with van der Waals surface area (Å²) in [4.78, 5) is 29.7. The normalized spacial score (nSPS) is 16.8. The fourth-order valence-corrected chi connectivity index (χ4v) is 4.06. The molecule has 33 heavy (non-hydrogen) atoms. The van der Waals surface area contributed by atoms with Gasteiger partial charge in [-0.2, -0.15) is 0 Å². The summed E-state index contributed by atoms with van der Waals surface area (Å²) in [6.45, 7) is 4.55. The van der Waals surface area contributed by atoms with Gasteiger partial charge in [-0.15, -0.1) is 6.58 Å². The lowest BCUT2D eigenvalue weighted by Crippen LogP contribution is -2.43. The minimum absolute atomic E-state index is 0.0307. The smallest absolute Gasteiger partial charge is 0.242 e. The van der Waals surface area contributed by atoms with E-state index in [2.05, 4.69) is 6.58 Å². The maximum atomic E-state index is 13.3. The van der Waals surface area contributed by atoms with Crippen LogP contribution in [-0.2, 0) is 22.7 Å². The number of hydrogen-bond acceptors (Lipinski definition) is 3. The molecule has 1 aromatic heterocycles. The molecule has 1 aliphatic rings. The summed E-state index contributed by atoms with van der Waals surface area (Å²) in [6, 6.07) is 19.6. The van der Waals surface area contributed by atoms with Crippen molar-refractivity contribution < 1.29 is 18.4 Å². The van der Waals surface area contributed by atoms with Gasteiger partial charge < -0.3 is 14.2 Å². The molecule has 0 bridgehead atoms. The van der Waals surface area contributed by atoms with Gasteiger partial charge in [0.2, 0.25) is 11.8 Å². The van der Waals surface area contributed by atoms with Crippen LogP contribution in [0.5, 0.6) is 0 Å². The molecule has 2 unspecified atom stereocenters. The average molecular weight is 447 g/mol. The van der Waals surface area contributed by atoms with E-state index in [9.17, 15) is 14.0 Å². The molecule has 0 aliphatic heterocycles. The highest BCUT2D eigenvalue weighted by atomic mass is 19.1. The predicted molar refractivity (Wildman–Crippen MR) is 123 cm³/mol. The van der Waals surface area contributed by atoms with Gasteiger partial charge in [0.15, 0.2) is 0 Å². The summed E-state index contributed by atoms with van der Waals surface area (Å²) in [5.74, 6) is 0.149. The van der Waals surface area contributed by atoms with Crippen LogP contribution in [0.25, 0.3) is 0 Å². The van der Waals surface area contributed by atoms with Crippen molar-refractivity contribution in [3.8, 4) is 0 Å². The molecular formula is C27H27FN2O3. The van der Waals surface area contributed by atoms with Crippen LogP contribution in [0.15, 0.2) is 90.1 Å². The lowest BCUT2D eigenvalue weighted by atomic mass is 10.1. The Kier molecular flexibility index (Phi) is 7.03. The Bertz CT molecular complexity index is 1080. The Balaban J connectivity index is 1.46. The van der Waals surface area contributed by atoms with Crippen LogP contribution in [0.1, 0.15) is 29.2 Å². The lowest BCUT2D eigenvalue weighted by molar-refractivity contribution is -0.141. The van der Waals surface area contributed by atoms with Crippen molar-refractivity contribution in [1.29, 1.82) is 0 Å². The van der Waals surface area contributed by atoms with Crippen molar-refractivity contribution in [3.05, 3.63) is 108 Å². The minimum atomic E-state index is -0.331. The van der Waals surface area contributed by atoms with Gasteiger partial charge in [-0.25, -0.2) is 4.39 Å². The molecule has 1 aliphatic carbocycles. The van der Waals surface area contributed by atoms with E-state index in [1.54, 1.807) is 46.4 Å². The Hall–Kier alpha value is -3.67. The monoisotopic (exact) mass is 446 g/mol. The van der Waals surface area contributed by atoms with Gasteiger partial charge in [0, 0.05) is 19.0 Å². The van der Waals surface area contributed by atoms with Gasteiger partial charge in [0.25, 0.3) is 0 Å². The summed E-state index contributed by atoms with van der Waals surface area (Å²) < 4.78 is 18.8. The van der Waals surface area contributed by atoms with Crippen molar-refractivity contribution >= 4 is 11.8 Å². The SMILES string of the molecule is C=CCN(CC(=O)N(Cc1ccc(F)cc1)Cc1ccco1)C(=O)C1CC1c1ccccc1. The van der Waals surface area contributed by atoms with E-state index in [1.165, 1.54) is 12.1 Å². The second-order valence-corrected chi connectivity index (χ2v) is 8.32. The molecule has 3 aromatic rings. The van der Waals surface area contributed by atoms with Crippen LogP contribution in [0.4, 0.5) is 4.39 Å². The molecule has 6 heteroatoms. The maximum absolute atomic E-state index is 13.3. The molecule has 0 saturated heterocycles. The fourth-order valence-electron chi connectivity index (χ4n) is 4.06. The van der Waals surface area contributed by atoms with Crippen LogP contribution in [0.3, 0.4) is 0 Å². The lowest BCUT2D eigenvalue weighted by Gasteiger charge is -2.27. The summed E-state index contributed by atoms with van der Waals surface area (Å²) in [6.07, 6.45) is 3.98. The molecular weight excluding hydrogens is 419 g/mol. The van der Waals surface area contributed by atoms with Crippen LogP contribution in [0, 0.1) is 11.7 Å². The van der Waals surface area contributed by atoms with E-state index in [4.69, 9.17) is 4.42 Å². The molecule has 2 atom stereocenters. The Labute approximate surface area is 193 Å². The zero-order valence-corrected chi connectivity index (χ0v) is 18.4. The number of halogens is 1. The number of nitrogens with zero attached hydrogens (tertiary/aromatic N) is 2. The third kappa shape index (κ3) is 5.77. The Morgan fingerprint density at radius 2 is 1.76 bits per heavy atom. The van der Waals surface area contributed by atoms with E-state index >= 15 is 0 Å². The number of hydrogen-bond donors (Lipinski definition) is 0. The van der Waals surface area contributed by atoms with Crippen molar-refractivity contribution in [2.24, 2.45) is 5.92 Å². The van der Waals surface area contributed by atoms with Crippen LogP contribution >= 0.6 is 0 Å². The maximum Gasteiger partial charge on any atom is 0.242 e. The summed E-state index contributed by atoms with van der Waals surface area (Å²) in [5, 5.41) is 0. The fraction of sp³-hybridized carbons (Fsp3) is 0.259. The van der Waals surface area contributed by atoms with Gasteiger partial charge in [0.1, 0.15) is 18.1 Å². The van der Waals surface area contributed by atoms with Crippen molar-refractivity contribution in [1.82, 2.24) is 9.80 Å². The van der Waals surface area contributed by atoms with E-state index < -0.39 is 0 Å². The number of carbonyl (C=O) groups is 2. The Morgan fingerprint density at radius 3 is 2.42 bits per heavy atom. The molecule has 0 radical (unpaired) electrons. The van der Waals surface area contributed by atoms with Crippen molar-refractivity contribution in [3.63, 3.8) is 0 Å². The third-order valence-electron chi connectivity index (χ3n) is 5.89. The van der Waals surface area contributed by atoms with Gasteiger partial charge in [0.05, 0.1) is 12.8 Å². The highest BCUT2D eigenvalue weighted by Crippen LogP contribution is 2.48. The summed E-state index contributed by atoms with van der Waals surface area (Å²) in [7, 11) is 0.